The number of likely N-dealkylation sites (tertiary alicyclic amines) is 1. The van der Waals surface area contributed by atoms with Gasteiger partial charge in [-0.3, -0.25) is 4.79 Å². The van der Waals surface area contributed by atoms with Crippen LogP contribution >= 0.6 is 0 Å². The number of rotatable bonds is 5. The predicted molar refractivity (Wildman–Crippen MR) is 120 cm³/mol. The van der Waals surface area contributed by atoms with Crippen LogP contribution in [0.3, 0.4) is 0 Å². The molecule has 1 atom stereocenters. The lowest BCUT2D eigenvalue weighted by Gasteiger charge is -2.16. The van der Waals surface area contributed by atoms with E-state index in [1.807, 2.05) is 35.2 Å². The van der Waals surface area contributed by atoms with Crippen LogP contribution in [0.4, 0.5) is 0 Å². The minimum Gasteiger partial charge on any atom is -0.493 e. The van der Waals surface area contributed by atoms with Gasteiger partial charge >= 0.3 is 5.69 Å². The van der Waals surface area contributed by atoms with Crippen LogP contribution in [0, 0.1) is 11.8 Å². The SMILES string of the molecule is O=C(C1CC1)N1CCC(Cc2n[nH]c(=O)n2-c2ccc(-c3ccc4c(c3)CCO4)cc2)C1. The predicted octanol–water partition coefficient (Wildman–Crippen LogP) is 2.96. The van der Waals surface area contributed by atoms with Gasteiger partial charge in [0.25, 0.3) is 0 Å². The molecule has 32 heavy (non-hydrogen) atoms. The third-order valence-corrected chi connectivity index (χ3v) is 6.89. The molecule has 7 nitrogen and oxygen atoms in total. The Hall–Kier alpha value is -3.35. The first kappa shape index (κ1) is 19.3. The summed E-state index contributed by atoms with van der Waals surface area (Å²) in [7, 11) is 0. The summed E-state index contributed by atoms with van der Waals surface area (Å²) < 4.78 is 7.26. The van der Waals surface area contributed by atoms with E-state index in [1.165, 1.54) is 5.56 Å². The molecule has 164 valence electrons. The Kier molecular flexibility index (Phi) is 4.63. The van der Waals surface area contributed by atoms with Gasteiger partial charge in [0, 0.05) is 31.8 Å². The first-order chi connectivity index (χ1) is 15.7. The molecular formula is C25H26N4O3. The third kappa shape index (κ3) is 3.51. The molecule has 0 spiro atoms. The summed E-state index contributed by atoms with van der Waals surface area (Å²) in [5.74, 6) is 2.60. The number of hydrogen-bond donors (Lipinski definition) is 1. The van der Waals surface area contributed by atoms with Crippen molar-refractivity contribution in [3.8, 4) is 22.6 Å². The van der Waals surface area contributed by atoms with Gasteiger partial charge in [0.1, 0.15) is 11.6 Å². The molecule has 1 aliphatic carbocycles. The highest BCUT2D eigenvalue weighted by Crippen LogP contribution is 2.34. The fraction of sp³-hybridized carbons (Fsp3) is 0.400. The van der Waals surface area contributed by atoms with Gasteiger partial charge in [0.15, 0.2) is 0 Å². The normalized spacial score (nSPS) is 19.8. The van der Waals surface area contributed by atoms with Gasteiger partial charge in [-0.2, -0.15) is 5.10 Å². The second-order valence-corrected chi connectivity index (χ2v) is 9.17. The van der Waals surface area contributed by atoms with Crippen molar-refractivity contribution in [2.75, 3.05) is 19.7 Å². The first-order valence-corrected chi connectivity index (χ1v) is 11.5. The van der Waals surface area contributed by atoms with E-state index < -0.39 is 0 Å². The van der Waals surface area contributed by atoms with Crippen molar-refractivity contribution in [3.63, 3.8) is 0 Å². The number of carbonyl (C=O) groups excluding carboxylic acids is 1. The Morgan fingerprint density at radius 2 is 1.91 bits per heavy atom. The fourth-order valence-corrected chi connectivity index (χ4v) is 4.95. The molecule has 1 aromatic heterocycles. The summed E-state index contributed by atoms with van der Waals surface area (Å²) in [6, 6.07) is 14.3. The van der Waals surface area contributed by atoms with Crippen LogP contribution in [0.15, 0.2) is 47.3 Å². The summed E-state index contributed by atoms with van der Waals surface area (Å²) in [5.41, 5.74) is 4.06. The molecule has 6 rings (SSSR count). The van der Waals surface area contributed by atoms with E-state index in [-0.39, 0.29) is 11.6 Å². The number of benzene rings is 2. The zero-order valence-corrected chi connectivity index (χ0v) is 17.9. The number of aromatic nitrogens is 3. The highest BCUT2D eigenvalue weighted by Gasteiger charge is 2.36. The minimum atomic E-state index is -0.230. The van der Waals surface area contributed by atoms with Gasteiger partial charge in [-0.05, 0) is 66.1 Å². The number of ether oxygens (including phenoxy) is 1. The lowest BCUT2D eigenvalue weighted by molar-refractivity contribution is -0.131. The average Bonchev–Trinajstić information content (AvgIpc) is 3.20. The number of carbonyl (C=O) groups is 1. The van der Waals surface area contributed by atoms with Crippen molar-refractivity contribution >= 4 is 5.91 Å². The van der Waals surface area contributed by atoms with Crippen LogP contribution < -0.4 is 10.4 Å². The molecule has 0 bridgehead atoms. The van der Waals surface area contributed by atoms with Crippen molar-refractivity contribution < 1.29 is 9.53 Å². The summed E-state index contributed by atoms with van der Waals surface area (Å²) >= 11 is 0. The summed E-state index contributed by atoms with van der Waals surface area (Å²) in [4.78, 5) is 26.9. The lowest BCUT2D eigenvalue weighted by atomic mass is 10.0. The lowest BCUT2D eigenvalue weighted by Crippen LogP contribution is -2.30. The van der Waals surface area contributed by atoms with E-state index in [1.54, 1.807) is 4.57 Å². The first-order valence-electron chi connectivity index (χ1n) is 11.5. The Bertz CT molecular complexity index is 1220. The van der Waals surface area contributed by atoms with Crippen LogP contribution in [-0.4, -0.2) is 45.3 Å². The molecule has 3 aliphatic rings. The van der Waals surface area contributed by atoms with Gasteiger partial charge in [-0.1, -0.05) is 18.2 Å². The number of aromatic amines is 1. The molecule has 2 aromatic carbocycles. The van der Waals surface area contributed by atoms with E-state index in [9.17, 15) is 9.59 Å². The standard InChI is InChI=1S/C25H26N4O3/c30-24(18-1-2-18)28-11-9-16(15-28)13-23-26-27-25(31)29(23)21-6-3-17(4-7-21)19-5-8-22-20(14-19)10-12-32-22/h3-8,14,16,18H,1-2,9-13,15H2,(H,27,31). The second-order valence-electron chi connectivity index (χ2n) is 9.17. The van der Waals surface area contributed by atoms with Crippen molar-refractivity contribution in [3.05, 3.63) is 64.3 Å². The number of fused-ring (bicyclic) bond motifs is 1. The van der Waals surface area contributed by atoms with Crippen LogP contribution in [-0.2, 0) is 17.6 Å². The van der Waals surface area contributed by atoms with Crippen LogP contribution in [0.1, 0.15) is 30.7 Å². The number of hydrogen-bond acceptors (Lipinski definition) is 4. The maximum Gasteiger partial charge on any atom is 0.347 e. The number of nitrogens with one attached hydrogen (secondary N) is 1. The maximum atomic E-state index is 12.5. The zero-order valence-electron chi connectivity index (χ0n) is 17.9. The molecule has 0 radical (unpaired) electrons. The molecule has 1 saturated heterocycles. The minimum absolute atomic E-state index is 0.230. The number of nitrogens with zero attached hydrogens (tertiary/aromatic N) is 3. The molecule has 2 fully saturated rings. The Labute approximate surface area is 186 Å². The van der Waals surface area contributed by atoms with Crippen molar-refractivity contribution in [1.29, 1.82) is 0 Å². The smallest absolute Gasteiger partial charge is 0.347 e. The van der Waals surface area contributed by atoms with E-state index in [0.29, 0.717) is 18.2 Å². The largest absolute Gasteiger partial charge is 0.493 e. The van der Waals surface area contributed by atoms with E-state index in [2.05, 4.69) is 22.3 Å². The Balaban J connectivity index is 1.20. The molecule has 3 aromatic rings. The highest BCUT2D eigenvalue weighted by molar-refractivity contribution is 5.81. The molecule has 2 aliphatic heterocycles. The summed E-state index contributed by atoms with van der Waals surface area (Å²) in [5, 5.41) is 6.91. The monoisotopic (exact) mass is 430 g/mol. The van der Waals surface area contributed by atoms with E-state index >= 15 is 0 Å². The molecule has 1 amide bonds. The Morgan fingerprint density at radius 1 is 1.09 bits per heavy atom. The van der Waals surface area contributed by atoms with Crippen LogP contribution in [0.2, 0.25) is 0 Å². The van der Waals surface area contributed by atoms with Gasteiger partial charge in [0.2, 0.25) is 5.91 Å². The van der Waals surface area contributed by atoms with Gasteiger partial charge in [0.05, 0.1) is 12.3 Å². The van der Waals surface area contributed by atoms with E-state index in [4.69, 9.17) is 4.74 Å². The average molecular weight is 431 g/mol. The number of amides is 1. The quantitative estimate of drug-likeness (QED) is 0.675. The number of H-pyrrole nitrogens is 1. The second kappa shape index (κ2) is 7.65. The van der Waals surface area contributed by atoms with Crippen molar-refractivity contribution in [2.45, 2.75) is 32.1 Å². The highest BCUT2D eigenvalue weighted by atomic mass is 16.5. The molecule has 1 N–H and O–H groups in total. The fourth-order valence-electron chi connectivity index (χ4n) is 4.95. The van der Waals surface area contributed by atoms with Gasteiger partial charge in [-0.25, -0.2) is 14.5 Å². The molecule has 3 heterocycles. The maximum absolute atomic E-state index is 12.5. The third-order valence-electron chi connectivity index (χ3n) is 6.89. The van der Waals surface area contributed by atoms with E-state index in [0.717, 1.165) is 73.8 Å². The van der Waals surface area contributed by atoms with Crippen LogP contribution in [0.25, 0.3) is 16.8 Å². The Morgan fingerprint density at radius 3 is 2.72 bits per heavy atom. The zero-order chi connectivity index (χ0) is 21.7. The topological polar surface area (TPSA) is 80.2 Å². The molecule has 1 saturated carbocycles. The van der Waals surface area contributed by atoms with Gasteiger partial charge in [-0.15, -0.1) is 0 Å². The van der Waals surface area contributed by atoms with Crippen molar-refractivity contribution in [1.82, 2.24) is 19.7 Å². The van der Waals surface area contributed by atoms with Gasteiger partial charge < -0.3 is 9.64 Å². The van der Waals surface area contributed by atoms with Crippen molar-refractivity contribution in [2.24, 2.45) is 11.8 Å². The molecule has 7 heteroatoms. The molecule has 1 unspecified atom stereocenters. The van der Waals surface area contributed by atoms with Crippen LogP contribution in [0.5, 0.6) is 5.75 Å². The summed E-state index contributed by atoms with van der Waals surface area (Å²) in [6.07, 6.45) is 4.66. The summed E-state index contributed by atoms with van der Waals surface area (Å²) in [6.45, 7) is 2.32. The molecular weight excluding hydrogens is 404 g/mol.